The van der Waals surface area contributed by atoms with Gasteiger partial charge in [0.15, 0.2) is 0 Å². The Kier molecular flexibility index (Phi) is 7.26. The predicted molar refractivity (Wildman–Crippen MR) is 152 cm³/mol. The summed E-state index contributed by atoms with van der Waals surface area (Å²) in [6, 6.07) is 42.8. The second kappa shape index (κ2) is 10.9. The minimum Gasteiger partial charge on any atom is -0.249 e. The van der Waals surface area contributed by atoms with Crippen molar-refractivity contribution in [2.45, 2.75) is 9.79 Å². The van der Waals surface area contributed by atoms with E-state index in [1.54, 1.807) is 60.7 Å². The Morgan fingerprint density at radius 1 is 0.514 bits per heavy atom. The van der Waals surface area contributed by atoms with Gasteiger partial charge in [-0.05, 0) is 52.1 Å². The van der Waals surface area contributed by atoms with Crippen molar-refractivity contribution < 1.29 is 12.6 Å². The van der Waals surface area contributed by atoms with E-state index in [4.69, 9.17) is 0 Å². The van der Waals surface area contributed by atoms with E-state index in [1.807, 2.05) is 78.9 Å². The lowest BCUT2D eigenvalue weighted by Gasteiger charge is -2.10. The van der Waals surface area contributed by atoms with E-state index in [1.165, 1.54) is 0 Å². The molecule has 0 radical (unpaired) electrons. The van der Waals surface area contributed by atoms with Crippen molar-refractivity contribution in [3.63, 3.8) is 0 Å². The second-order valence-electron chi connectivity index (χ2n) is 8.44. The van der Waals surface area contributed by atoms with E-state index in [0.29, 0.717) is 10.5 Å². The largest absolute Gasteiger partial charge is 0.249 e. The van der Waals surface area contributed by atoms with Crippen molar-refractivity contribution in [1.29, 1.82) is 0 Å². The number of hydrogen-bond acceptors (Lipinski definition) is 3. The standard InChI is InChI=1S/C32H24O3S2/c33-36(30-20-16-27(17-21-30)25-10-4-1-5-11-25)32(29-14-8-3-9-15-29)24-37(34,35)31-22-18-28(19-23-31)26-12-6-2-7-13-26/h1-24H/b32-24+. The minimum absolute atomic E-state index is 0.150. The Bertz CT molecular complexity index is 1640. The first-order chi connectivity index (χ1) is 18.0. The zero-order chi connectivity index (χ0) is 25.7. The molecule has 0 N–H and O–H groups in total. The maximum atomic E-state index is 13.7. The quantitative estimate of drug-likeness (QED) is 0.222. The highest BCUT2D eigenvalue weighted by Gasteiger charge is 2.19. The second-order valence-corrected chi connectivity index (χ2v) is 11.7. The van der Waals surface area contributed by atoms with Crippen LogP contribution in [0.3, 0.4) is 0 Å². The summed E-state index contributed by atoms with van der Waals surface area (Å²) in [5.41, 5.74) is 4.58. The minimum atomic E-state index is -3.87. The molecule has 0 aliphatic carbocycles. The van der Waals surface area contributed by atoms with Gasteiger partial charge in [0.1, 0.15) is 0 Å². The van der Waals surface area contributed by atoms with Crippen LogP contribution in [-0.4, -0.2) is 12.6 Å². The van der Waals surface area contributed by atoms with Gasteiger partial charge < -0.3 is 0 Å². The molecule has 0 saturated carbocycles. The molecule has 0 aliphatic rings. The first kappa shape index (κ1) is 24.6. The van der Waals surface area contributed by atoms with E-state index in [-0.39, 0.29) is 9.80 Å². The van der Waals surface area contributed by atoms with Crippen molar-refractivity contribution in [1.82, 2.24) is 0 Å². The number of hydrogen-bond donors (Lipinski definition) is 0. The van der Waals surface area contributed by atoms with Crippen molar-refractivity contribution in [3.8, 4) is 22.3 Å². The molecule has 0 aliphatic heterocycles. The third-order valence-corrected chi connectivity index (χ3v) is 9.06. The summed E-state index contributed by atoms with van der Waals surface area (Å²) in [6.07, 6.45) is 0. The molecule has 37 heavy (non-hydrogen) atoms. The van der Waals surface area contributed by atoms with Crippen LogP contribution in [0, 0.1) is 0 Å². The summed E-state index contributed by atoms with van der Waals surface area (Å²) in [6.45, 7) is 0. The Hall–Kier alpha value is -4.06. The topological polar surface area (TPSA) is 51.2 Å². The molecule has 0 heterocycles. The van der Waals surface area contributed by atoms with Gasteiger partial charge in [-0.1, -0.05) is 115 Å². The number of benzene rings is 5. The maximum absolute atomic E-state index is 13.7. The molecule has 0 bridgehead atoms. The van der Waals surface area contributed by atoms with Gasteiger partial charge >= 0.3 is 0 Å². The van der Waals surface area contributed by atoms with Crippen LogP contribution in [0.15, 0.2) is 155 Å². The van der Waals surface area contributed by atoms with Crippen LogP contribution in [0.2, 0.25) is 0 Å². The smallest absolute Gasteiger partial charge is 0.201 e. The monoisotopic (exact) mass is 520 g/mol. The first-order valence-electron chi connectivity index (χ1n) is 11.8. The van der Waals surface area contributed by atoms with Crippen LogP contribution in [0.4, 0.5) is 0 Å². The fourth-order valence-electron chi connectivity index (χ4n) is 4.03. The lowest BCUT2D eigenvalue weighted by molar-refractivity contribution is 0.604. The van der Waals surface area contributed by atoms with E-state index in [0.717, 1.165) is 27.7 Å². The summed E-state index contributed by atoms with van der Waals surface area (Å²) in [5.74, 6) is 0. The van der Waals surface area contributed by atoms with Crippen molar-refractivity contribution in [2.24, 2.45) is 0 Å². The molecule has 0 fully saturated rings. The van der Waals surface area contributed by atoms with Gasteiger partial charge in [-0.15, -0.1) is 0 Å². The third kappa shape index (κ3) is 5.69. The van der Waals surface area contributed by atoms with Crippen LogP contribution in [-0.2, 0) is 20.6 Å². The van der Waals surface area contributed by atoms with Gasteiger partial charge in [0, 0.05) is 4.90 Å². The van der Waals surface area contributed by atoms with Gasteiger partial charge in [0.2, 0.25) is 9.84 Å². The van der Waals surface area contributed by atoms with Gasteiger partial charge in [-0.25, -0.2) is 12.6 Å². The molecule has 0 saturated heterocycles. The van der Waals surface area contributed by atoms with Gasteiger partial charge in [-0.3, -0.25) is 0 Å². The highest BCUT2D eigenvalue weighted by Crippen LogP contribution is 2.30. The average molecular weight is 521 g/mol. The van der Waals surface area contributed by atoms with Crippen LogP contribution in [0.25, 0.3) is 27.2 Å². The Labute approximate surface area is 220 Å². The van der Waals surface area contributed by atoms with E-state index < -0.39 is 20.6 Å². The Morgan fingerprint density at radius 3 is 1.41 bits per heavy atom. The zero-order valence-corrected chi connectivity index (χ0v) is 21.5. The zero-order valence-electron chi connectivity index (χ0n) is 19.9. The molecule has 5 aromatic rings. The summed E-state index contributed by atoms with van der Waals surface area (Å²) in [7, 11) is -5.58. The molecule has 1 unspecified atom stereocenters. The predicted octanol–water partition coefficient (Wildman–Crippen LogP) is 7.60. The molecular formula is C32H24O3S2. The number of rotatable bonds is 7. The molecule has 5 rings (SSSR count). The van der Waals surface area contributed by atoms with Crippen molar-refractivity contribution in [2.75, 3.05) is 0 Å². The lowest BCUT2D eigenvalue weighted by Crippen LogP contribution is -2.03. The van der Waals surface area contributed by atoms with Crippen molar-refractivity contribution in [3.05, 3.63) is 150 Å². The molecule has 3 nitrogen and oxygen atoms in total. The SMILES string of the molecule is O=S(/C(=C/S(=O)(=O)c1ccc(-c2ccccc2)cc1)c1ccccc1)c1ccc(-c2ccccc2)cc1. The van der Waals surface area contributed by atoms with Crippen LogP contribution in [0.1, 0.15) is 5.56 Å². The molecule has 5 heteroatoms. The van der Waals surface area contributed by atoms with Crippen LogP contribution in [0.5, 0.6) is 0 Å². The third-order valence-electron chi connectivity index (χ3n) is 5.99. The lowest BCUT2D eigenvalue weighted by atomic mass is 10.1. The normalized spacial score (nSPS) is 12.7. The fourth-order valence-corrected chi connectivity index (χ4v) is 6.81. The maximum Gasteiger partial charge on any atom is 0.201 e. The van der Waals surface area contributed by atoms with Gasteiger partial charge in [-0.2, -0.15) is 0 Å². The molecule has 1 atom stereocenters. The van der Waals surface area contributed by atoms with E-state index in [9.17, 15) is 12.6 Å². The van der Waals surface area contributed by atoms with Gasteiger partial charge in [0.05, 0.1) is 26.0 Å². The molecule has 182 valence electrons. The number of sulfone groups is 1. The van der Waals surface area contributed by atoms with Crippen LogP contribution < -0.4 is 0 Å². The highest BCUT2D eigenvalue weighted by atomic mass is 32.2. The molecule has 0 amide bonds. The first-order valence-corrected chi connectivity index (χ1v) is 14.5. The Morgan fingerprint density at radius 2 is 0.919 bits per heavy atom. The van der Waals surface area contributed by atoms with Crippen molar-refractivity contribution >= 4 is 25.5 Å². The Balaban J connectivity index is 1.50. The average Bonchev–Trinajstić information content (AvgIpc) is 2.97. The summed E-state index contributed by atoms with van der Waals surface area (Å²) < 4.78 is 40.6. The molecule has 0 spiro atoms. The molecule has 0 aromatic heterocycles. The van der Waals surface area contributed by atoms with Gasteiger partial charge in [0.25, 0.3) is 0 Å². The summed E-state index contributed by atoms with van der Waals surface area (Å²) in [5, 5.41) is 1.14. The molecular weight excluding hydrogens is 496 g/mol. The van der Waals surface area contributed by atoms with Crippen LogP contribution >= 0.6 is 0 Å². The fraction of sp³-hybridized carbons (Fsp3) is 0. The summed E-state index contributed by atoms with van der Waals surface area (Å²) >= 11 is 0. The van der Waals surface area contributed by atoms with E-state index >= 15 is 0 Å². The molecule has 5 aromatic carbocycles. The highest BCUT2D eigenvalue weighted by molar-refractivity contribution is 7.99. The van der Waals surface area contributed by atoms with E-state index in [2.05, 4.69) is 0 Å². The summed E-state index contributed by atoms with van der Waals surface area (Å²) in [4.78, 5) is 0.918.